The summed E-state index contributed by atoms with van der Waals surface area (Å²) >= 11 is 5.47. The molecule has 0 saturated heterocycles. The fourth-order valence-corrected chi connectivity index (χ4v) is 2.18. The van der Waals surface area contributed by atoms with E-state index in [9.17, 15) is 18.0 Å². The molecule has 1 atom stereocenters. The molecule has 1 aromatic rings. The monoisotopic (exact) mass is 319 g/mol. The summed E-state index contributed by atoms with van der Waals surface area (Å²) in [6, 6.07) is 7.61. The summed E-state index contributed by atoms with van der Waals surface area (Å²) < 4.78 is 25.7. The lowest BCUT2D eigenvalue weighted by Gasteiger charge is -2.09. The molecule has 0 bridgehead atoms. The van der Waals surface area contributed by atoms with Crippen molar-refractivity contribution in [3.8, 4) is 0 Å². The number of carbonyl (C=O) groups excluding carboxylic acids is 2. The van der Waals surface area contributed by atoms with E-state index in [-0.39, 0.29) is 4.90 Å². The third-order valence-electron chi connectivity index (χ3n) is 2.16. The Kier molecular flexibility index (Phi) is 5.93. The summed E-state index contributed by atoms with van der Waals surface area (Å²) in [5.74, 6) is -1.30. The molecule has 9 heteroatoms. The maximum atomic E-state index is 11.8. The predicted molar refractivity (Wildman–Crippen MR) is 73.2 cm³/mol. The zero-order valence-corrected chi connectivity index (χ0v) is 12.2. The number of amides is 2. The van der Waals surface area contributed by atoms with Gasteiger partial charge in [-0.15, -0.1) is 11.6 Å². The van der Waals surface area contributed by atoms with Crippen LogP contribution in [0.1, 0.15) is 6.92 Å². The maximum absolute atomic E-state index is 11.8. The minimum atomic E-state index is -3.76. The highest BCUT2D eigenvalue weighted by molar-refractivity contribution is 7.89. The van der Waals surface area contributed by atoms with E-state index >= 15 is 0 Å². The van der Waals surface area contributed by atoms with Gasteiger partial charge < -0.3 is 0 Å². The van der Waals surface area contributed by atoms with Crippen molar-refractivity contribution in [2.45, 2.75) is 17.2 Å². The van der Waals surface area contributed by atoms with Gasteiger partial charge in [-0.3, -0.25) is 20.4 Å². The Labute approximate surface area is 121 Å². The van der Waals surface area contributed by atoms with E-state index in [4.69, 9.17) is 11.6 Å². The van der Waals surface area contributed by atoms with Crippen LogP contribution in [-0.2, 0) is 19.6 Å². The molecule has 0 fully saturated rings. The van der Waals surface area contributed by atoms with Crippen molar-refractivity contribution in [1.82, 2.24) is 15.6 Å². The summed E-state index contributed by atoms with van der Waals surface area (Å²) in [6.07, 6.45) is 0. The first-order valence-electron chi connectivity index (χ1n) is 5.60. The molecule has 0 aliphatic heterocycles. The Morgan fingerprint density at radius 1 is 1.20 bits per heavy atom. The number of halogens is 1. The first-order valence-corrected chi connectivity index (χ1v) is 7.52. The van der Waals surface area contributed by atoms with Crippen LogP contribution in [0.4, 0.5) is 0 Å². The molecule has 0 aliphatic carbocycles. The molecular weight excluding hydrogens is 306 g/mol. The van der Waals surface area contributed by atoms with Gasteiger partial charge in [-0.25, -0.2) is 13.1 Å². The van der Waals surface area contributed by atoms with Gasteiger partial charge in [-0.05, 0) is 19.1 Å². The number of benzene rings is 1. The maximum Gasteiger partial charge on any atom is 0.256 e. The number of alkyl halides is 1. The standard InChI is InChI=1S/C11H14ClN3O4S/c1-8(12)11(17)15-14-10(16)7-13-20(18,19)9-5-3-2-4-6-9/h2-6,8,13H,7H2,1H3,(H,14,16)(H,15,17)/t8-/m0/s1. The minimum absolute atomic E-state index is 0.0474. The second kappa shape index (κ2) is 7.22. The van der Waals surface area contributed by atoms with Crippen LogP contribution >= 0.6 is 11.6 Å². The summed E-state index contributed by atoms with van der Waals surface area (Å²) in [4.78, 5) is 22.5. The van der Waals surface area contributed by atoms with Gasteiger partial charge in [-0.1, -0.05) is 18.2 Å². The molecule has 20 heavy (non-hydrogen) atoms. The molecule has 7 nitrogen and oxygen atoms in total. The lowest BCUT2D eigenvalue weighted by Crippen LogP contribution is -2.48. The lowest BCUT2D eigenvalue weighted by molar-refractivity contribution is -0.127. The zero-order chi connectivity index (χ0) is 15.2. The van der Waals surface area contributed by atoms with Crippen LogP contribution in [0.15, 0.2) is 35.2 Å². The van der Waals surface area contributed by atoms with Crippen LogP contribution in [0.25, 0.3) is 0 Å². The highest BCUT2D eigenvalue weighted by Gasteiger charge is 2.15. The topological polar surface area (TPSA) is 104 Å². The van der Waals surface area contributed by atoms with Crippen LogP contribution in [0.5, 0.6) is 0 Å². The smallest absolute Gasteiger partial charge is 0.256 e. The number of carbonyl (C=O) groups is 2. The van der Waals surface area contributed by atoms with E-state index in [1.54, 1.807) is 18.2 Å². The first kappa shape index (κ1) is 16.4. The fourth-order valence-electron chi connectivity index (χ4n) is 1.12. The molecule has 0 heterocycles. The van der Waals surface area contributed by atoms with Gasteiger partial charge in [0.25, 0.3) is 11.8 Å². The number of hydrazine groups is 1. The molecule has 1 rings (SSSR count). The van der Waals surface area contributed by atoms with Crippen molar-refractivity contribution in [1.29, 1.82) is 0 Å². The molecule has 3 N–H and O–H groups in total. The van der Waals surface area contributed by atoms with E-state index in [0.29, 0.717) is 0 Å². The van der Waals surface area contributed by atoms with Gasteiger partial charge in [0, 0.05) is 0 Å². The molecule has 0 spiro atoms. The quantitative estimate of drug-likeness (QED) is 0.513. The Balaban J connectivity index is 2.47. The number of sulfonamides is 1. The third-order valence-corrected chi connectivity index (χ3v) is 3.78. The largest absolute Gasteiger partial charge is 0.272 e. The van der Waals surface area contributed by atoms with Crippen LogP contribution in [0, 0.1) is 0 Å². The average molecular weight is 320 g/mol. The number of hydrogen-bond donors (Lipinski definition) is 3. The Morgan fingerprint density at radius 3 is 2.35 bits per heavy atom. The molecule has 110 valence electrons. The van der Waals surface area contributed by atoms with Gasteiger partial charge in [0.1, 0.15) is 5.38 Å². The Bertz CT molecular complexity index is 575. The SMILES string of the molecule is C[C@H](Cl)C(=O)NNC(=O)CNS(=O)(=O)c1ccccc1. The van der Waals surface area contributed by atoms with Crippen molar-refractivity contribution in [3.05, 3.63) is 30.3 Å². The second-order valence-corrected chi connectivity index (χ2v) is 6.21. The van der Waals surface area contributed by atoms with Crippen molar-refractivity contribution >= 4 is 33.4 Å². The minimum Gasteiger partial charge on any atom is -0.272 e. The Hall–Kier alpha value is -1.64. The van der Waals surface area contributed by atoms with Crippen molar-refractivity contribution in [2.75, 3.05) is 6.54 Å². The van der Waals surface area contributed by atoms with Crippen molar-refractivity contribution in [3.63, 3.8) is 0 Å². The van der Waals surface area contributed by atoms with Crippen molar-refractivity contribution < 1.29 is 18.0 Å². The molecule has 0 unspecified atom stereocenters. The summed E-state index contributed by atoms with van der Waals surface area (Å²) in [6.45, 7) is 0.926. The molecule has 0 saturated carbocycles. The van der Waals surface area contributed by atoms with E-state index in [1.165, 1.54) is 19.1 Å². The average Bonchev–Trinajstić information content (AvgIpc) is 2.43. The number of nitrogens with one attached hydrogen (secondary N) is 3. The molecule has 0 aromatic heterocycles. The molecule has 1 aromatic carbocycles. The number of rotatable bonds is 5. The summed E-state index contributed by atoms with van der Waals surface area (Å²) in [5.41, 5.74) is 4.09. The third kappa shape index (κ3) is 5.16. The fraction of sp³-hybridized carbons (Fsp3) is 0.273. The summed E-state index contributed by atoms with van der Waals surface area (Å²) in [7, 11) is -3.76. The van der Waals surface area contributed by atoms with E-state index in [2.05, 4.69) is 10.1 Å². The molecule has 2 amide bonds. The van der Waals surface area contributed by atoms with E-state index < -0.39 is 33.8 Å². The predicted octanol–water partition coefficient (Wildman–Crippen LogP) is -0.260. The summed E-state index contributed by atoms with van der Waals surface area (Å²) in [5, 5.41) is -0.809. The van der Waals surface area contributed by atoms with Gasteiger partial charge in [-0.2, -0.15) is 0 Å². The molecule has 0 aliphatic rings. The highest BCUT2D eigenvalue weighted by atomic mass is 35.5. The van der Waals surface area contributed by atoms with Crippen LogP contribution in [-0.4, -0.2) is 32.2 Å². The number of hydrogen-bond acceptors (Lipinski definition) is 4. The van der Waals surface area contributed by atoms with Crippen molar-refractivity contribution in [2.24, 2.45) is 0 Å². The normalized spacial score (nSPS) is 12.5. The van der Waals surface area contributed by atoms with Crippen LogP contribution in [0.2, 0.25) is 0 Å². The van der Waals surface area contributed by atoms with Gasteiger partial charge in [0.15, 0.2) is 0 Å². The van der Waals surface area contributed by atoms with E-state index in [1.807, 2.05) is 5.43 Å². The molecule has 0 radical (unpaired) electrons. The van der Waals surface area contributed by atoms with Gasteiger partial charge in [0.2, 0.25) is 10.0 Å². The van der Waals surface area contributed by atoms with Gasteiger partial charge in [0.05, 0.1) is 11.4 Å². The lowest BCUT2D eigenvalue weighted by atomic mass is 10.4. The molecular formula is C11H14ClN3O4S. The van der Waals surface area contributed by atoms with Crippen LogP contribution < -0.4 is 15.6 Å². The first-order chi connectivity index (χ1) is 9.33. The van der Waals surface area contributed by atoms with Crippen LogP contribution in [0.3, 0.4) is 0 Å². The second-order valence-electron chi connectivity index (χ2n) is 3.79. The zero-order valence-electron chi connectivity index (χ0n) is 10.6. The van der Waals surface area contributed by atoms with E-state index in [0.717, 1.165) is 0 Å². The Morgan fingerprint density at radius 2 is 1.80 bits per heavy atom. The van der Waals surface area contributed by atoms with Gasteiger partial charge >= 0.3 is 0 Å². The highest BCUT2D eigenvalue weighted by Crippen LogP contribution is 2.06.